The maximum absolute atomic E-state index is 12.7. The van der Waals surface area contributed by atoms with Crippen LogP contribution in [-0.4, -0.2) is 55.6 Å². The number of anilines is 1. The number of ether oxygens (including phenoxy) is 2. The number of carbonyl (C=O) groups is 3. The number of likely N-dealkylation sites (N-methyl/N-ethyl adjacent to an activating group) is 1. The summed E-state index contributed by atoms with van der Waals surface area (Å²) in [7, 11) is 6.38. The number of hydrogen-bond donors (Lipinski definition) is 1. The summed E-state index contributed by atoms with van der Waals surface area (Å²) in [4.78, 5) is 38.7. The fourth-order valence-electron chi connectivity index (χ4n) is 5.04. The maximum atomic E-state index is 12.7. The maximum Gasteiger partial charge on any atom is 0.337 e. The standard InChI is InChI=1S/C29H35N3O5/c1-31(2)28(34)18-32-17-22(14-20-9-10-21(29(35)37-4)15-26(20)36-3)24-16-23(11-12-25(24)32)30-27(33)13-19-7-5-6-8-19/h9-12,15-17,19H,5-8,13-14,18H2,1-4H3,(H,30,33). The Hall–Kier alpha value is -3.81. The zero-order chi connectivity index (χ0) is 26.5. The number of hydrogen-bond acceptors (Lipinski definition) is 5. The van der Waals surface area contributed by atoms with Crippen molar-refractivity contribution < 1.29 is 23.9 Å². The van der Waals surface area contributed by atoms with Gasteiger partial charge in [0.05, 0.1) is 19.8 Å². The summed E-state index contributed by atoms with van der Waals surface area (Å²) < 4.78 is 12.3. The van der Waals surface area contributed by atoms with Gasteiger partial charge in [-0.05, 0) is 60.2 Å². The first-order valence-electron chi connectivity index (χ1n) is 12.7. The quantitative estimate of drug-likeness (QED) is 0.428. The van der Waals surface area contributed by atoms with Gasteiger partial charge in [0.15, 0.2) is 0 Å². The van der Waals surface area contributed by atoms with Crippen molar-refractivity contribution in [3.63, 3.8) is 0 Å². The molecule has 2 aromatic carbocycles. The molecule has 0 unspecified atom stereocenters. The second-order valence-electron chi connectivity index (χ2n) is 9.90. The Labute approximate surface area is 217 Å². The lowest BCUT2D eigenvalue weighted by Gasteiger charge is -2.12. The van der Waals surface area contributed by atoms with Gasteiger partial charge in [-0.2, -0.15) is 0 Å². The first-order valence-corrected chi connectivity index (χ1v) is 12.7. The van der Waals surface area contributed by atoms with E-state index < -0.39 is 5.97 Å². The number of nitrogens with one attached hydrogen (secondary N) is 1. The van der Waals surface area contributed by atoms with Crippen molar-refractivity contribution in [3.8, 4) is 5.75 Å². The summed E-state index contributed by atoms with van der Waals surface area (Å²) in [5.41, 5.74) is 3.93. The van der Waals surface area contributed by atoms with Gasteiger partial charge in [-0.3, -0.25) is 9.59 Å². The number of fused-ring (bicyclic) bond motifs is 1. The van der Waals surface area contributed by atoms with E-state index in [2.05, 4.69) is 5.32 Å². The lowest BCUT2D eigenvalue weighted by Crippen LogP contribution is -2.25. The third-order valence-electron chi connectivity index (χ3n) is 7.09. The first kappa shape index (κ1) is 26.3. The summed E-state index contributed by atoms with van der Waals surface area (Å²) in [5, 5.41) is 4.02. The molecule has 0 saturated heterocycles. The van der Waals surface area contributed by atoms with Crippen molar-refractivity contribution in [1.29, 1.82) is 0 Å². The molecule has 1 heterocycles. The lowest BCUT2D eigenvalue weighted by atomic mass is 10.0. The molecule has 0 spiro atoms. The number of rotatable bonds is 9. The number of nitrogens with zero attached hydrogens (tertiary/aromatic N) is 2. The van der Waals surface area contributed by atoms with Gasteiger partial charge >= 0.3 is 5.97 Å². The Morgan fingerprint density at radius 2 is 1.78 bits per heavy atom. The smallest absolute Gasteiger partial charge is 0.337 e. The van der Waals surface area contributed by atoms with Gasteiger partial charge in [-0.25, -0.2) is 4.79 Å². The Kier molecular flexibility index (Phi) is 8.16. The van der Waals surface area contributed by atoms with E-state index >= 15 is 0 Å². The molecule has 0 bridgehead atoms. The van der Waals surface area contributed by atoms with Gasteiger partial charge in [-0.1, -0.05) is 18.9 Å². The van der Waals surface area contributed by atoms with Crippen LogP contribution >= 0.6 is 0 Å². The van der Waals surface area contributed by atoms with Crippen LogP contribution in [0.3, 0.4) is 0 Å². The van der Waals surface area contributed by atoms with Gasteiger partial charge in [0.25, 0.3) is 0 Å². The molecule has 37 heavy (non-hydrogen) atoms. The molecule has 3 aromatic rings. The third-order valence-corrected chi connectivity index (χ3v) is 7.09. The van der Waals surface area contributed by atoms with Crippen LogP contribution in [0.1, 0.15) is 53.6 Å². The molecule has 1 fully saturated rings. The largest absolute Gasteiger partial charge is 0.496 e. The van der Waals surface area contributed by atoms with Crippen molar-refractivity contribution in [2.45, 2.75) is 45.1 Å². The lowest BCUT2D eigenvalue weighted by molar-refractivity contribution is -0.129. The third kappa shape index (κ3) is 6.13. The Balaban J connectivity index is 1.67. The predicted octanol–water partition coefficient (Wildman–Crippen LogP) is 4.63. The molecule has 2 amide bonds. The fraction of sp³-hybridized carbons (Fsp3) is 0.414. The van der Waals surface area contributed by atoms with E-state index in [1.807, 2.05) is 35.0 Å². The van der Waals surface area contributed by atoms with E-state index in [-0.39, 0.29) is 18.4 Å². The van der Waals surface area contributed by atoms with Gasteiger partial charge in [0.1, 0.15) is 12.3 Å². The van der Waals surface area contributed by atoms with Crippen LogP contribution in [0.5, 0.6) is 5.75 Å². The second-order valence-corrected chi connectivity index (χ2v) is 9.90. The van der Waals surface area contributed by atoms with Gasteiger partial charge in [-0.15, -0.1) is 0 Å². The minimum absolute atomic E-state index is 0.0163. The van der Waals surface area contributed by atoms with Gasteiger partial charge < -0.3 is 24.3 Å². The predicted molar refractivity (Wildman–Crippen MR) is 143 cm³/mol. The average molecular weight is 506 g/mol. The summed E-state index contributed by atoms with van der Waals surface area (Å²) in [6.45, 7) is 0.204. The number of methoxy groups -OCH3 is 2. The molecule has 0 radical (unpaired) electrons. The number of carbonyl (C=O) groups excluding carboxylic acids is 3. The van der Waals surface area contributed by atoms with Crippen LogP contribution in [0, 0.1) is 5.92 Å². The fourth-order valence-corrected chi connectivity index (χ4v) is 5.04. The highest BCUT2D eigenvalue weighted by atomic mass is 16.5. The van der Waals surface area contributed by atoms with Crippen LogP contribution in [-0.2, 0) is 27.3 Å². The topological polar surface area (TPSA) is 89.9 Å². The minimum Gasteiger partial charge on any atom is -0.496 e. The highest BCUT2D eigenvalue weighted by molar-refractivity contribution is 5.95. The Morgan fingerprint density at radius 1 is 1.03 bits per heavy atom. The Bertz CT molecular complexity index is 1300. The van der Waals surface area contributed by atoms with Crippen LogP contribution in [0.4, 0.5) is 5.69 Å². The van der Waals surface area contributed by atoms with Gasteiger partial charge in [0, 0.05) is 49.7 Å². The molecule has 1 aliphatic carbocycles. The SMILES string of the molecule is COC(=O)c1ccc(Cc2cn(CC(=O)N(C)C)c3ccc(NC(=O)CC4CCCC4)cc23)c(OC)c1. The summed E-state index contributed by atoms with van der Waals surface area (Å²) in [6.07, 6.45) is 7.69. The van der Waals surface area contributed by atoms with Crippen LogP contribution in [0.15, 0.2) is 42.6 Å². The summed E-state index contributed by atoms with van der Waals surface area (Å²) >= 11 is 0. The second kappa shape index (κ2) is 11.5. The molecule has 8 nitrogen and oxygen atoms in total. The Morgan fingerprint density at radius 3 is 2.46 bits per heavy atom. The van der Waals surface area contributed by atoms with Crippen molar-refractivity contribution in [2.24, 2.45) is 5.92 Å². The van der Waals surface area contributed by atoms with E-state index in [1.165, 1.54) is 20.0 Å². The zero-order valence-electron chi connectivity index (χ0n) is 22.0. The average Bonchev–Trinajstić information content (AvgIpc) is 3.51. The molecule has 1 N–H and O–H groups in total. The monoisotopic (exact) mass is 505 g/mol. The van der Waals surface area contributed by atoms with Crippen molar-refractivity contribution in [2.75, 3.05) is 33.6 Å². The zero-order valence-corrected chi connectivity index (χ0v) is 22.0. The number of amides is 2. The van der Waals surface area contributed by atoms with Crippen molar-refractivity contribution in [1.82, 2.24) is 9.47 Å². The highest BCUT2D eigenvalue weighted by Gasteiger charge is 2.20. The molecule has 196 valence electrons. The van der Waals surface area contributed by atoms with Crippen LogP contribution in [0.25, 0.3) is 10.9 Å². The first-order chi connectivity index (χ1) is 17.8. The van der Waals surface area contributed by atoms with E-state index in [9.17, 15) is 14.4 Å². The molecular formula is C29H35N3O5. The molecule has 4 rings (SSSR count). The molecule has 1 aliphatic rings. The number of aromatic nitrogens is 1. The number of esters is 1. The molecule has 0 aliphatic heterocycles. The molecule has 8 heteroatoms. The summed E-state index contributed by atoms with van der Waals surface area (Å²) in [6, 6.07) is 11.1. The van der Waals surface area contributed by atoms with E-state index in [4.69, 9.17) is 9.47 Å². The van der Waals surface area contributed by atoms with Crippen LogP contribution in [0.2, 0.25) is 0 Å². The van der Waals surface area contributed by atoms with Gasteiger partial charge in [0.2, 0.25) is 11.8 Å². The molecule has 0 atom stereocenters. The van der Waals surface area contributed by atoms with Crippen molar-refractivity contribution in [3.05, 3.63) is 59.3 Å². The number of benzene rings is 2. The summed E-state index contributed by atoms with van der Waals surface area (Å²) in [5.74, 6) is 0.640. The highest BCUT2D eigenvalue weighted by Crippen LogP contribution is 2.31. The molecule has 1 saturated carbocycles. The van der Waals surface area contributed by atoms with E-state index in [0.29, 0.717) is 30.1 Å². The normalized spacial score (nSPS) is 13.5. The molecular weight excluding hydrogens is 470 g/mol. The molecule has 1 aromatic heterocycles. The van der Waals surface area contributed by atoms with Crippen LogP contribution < -0.4 is 10.1 Å². The van der Waals surface area contributed by atoms with Crippen molar-refractivity contribution >= 4 is 34.4 Å². The minimum atomic E-state index is -0.429. The van der Waals surface area contributed by atoms with E-state index in [1.54, 1.807) is 38.2 Å². The van der Waals surface area contributed by atoms with E-state index in [0.717, 1.165) is 40.6 Å².